The quantitative estimate of drug-likeness (QED) is 0.748. The number of rotatable bonds is 4. The van der Waals surface area contributed by atoms with Gasteiger partial charge in [0, 0.05) is 19.1 Å². The lowest BCUT2D eigenvalue weighted by atomic mass is 9.61. The Morgan fingerprint density at radius 1 is 1.60 bits per heavy atom. The molecule has 1 fully saturated rings. The maximum absolute atomic E-state index is 10.5. The van der Waals surface area contributed by atoms with Crippen LogP contribution in [0, 0.1) is 11.3 Å². The molecule has 15 heavy (non-hydrogen) atoms. The first kappa shape index (κ1) is 12.9. The van der Waals surface area contributed by atoms with E-state index in [-0.39, 0.29) is 5.41 Å². The molecule has 3 unspecified atom stereocenters. The second-order valence-electron chi connectivity index (χ2n) is 5.39. The van der Waals surface area contributed by atoms with Crippen molar-refractivity contribution in [1.29, 1.82) is 0 Å². The van der Waals surface area contributed by atoms with Crippen LogP contribution in [0.3, 0.4) is 0 Å². The third-order valence-corrected chi connectivity index (χ3v) is 4.05. The SMILES string of the molecule is COCC(C)(O)C1(CN)CCCC(C)C1. The lowest BCUT2D eigenvalue weighted by molar-refractivity contribution is -0.129. The van der Waals surface area contributed by atoms with Crippen molar-refractivity contribution in [3.05, 3.63) is 0 Å². The normalized spacial score (nSPS) is 36.2. The first-order valence-electron chi connectivity index (χ1n) is 5.89. The van der Waals surface area contributed by atoms with E-state index < -0.39 is 5.60 Å². The van der Waals surface area contributed by atoms with Gasteiger partial charge in [-0.05, 0) is 25.7 Å². The fraction of sp³-hybridized carbons (Fsp3) is 1.00. The van der Waals surface area contributed by atoms with Crippen LogP contribution < -0.4 is 5.73 Å². The molecule has 3 N–H and O–H groups in total. The number of hydrogen-bond acceptors (Lipinski definition) is 3. The van der Waals surface area contributed by atoms with Crippen molar-refractivity contribution in [2.75, 3.05) is 20.3 Å². The molecule has 0 spiro atoms. The molecule has 1 rings (SSSR count). The van der Waals surface area contributed by atoms with E-state index in [0.29, 0.717) is 19.1 Å². The maximum atomic E-state index is 10.5. The second kappa shape index (κ2) is 4.81. The molecule has 3 nitrogen and oxygen atoms in total. The predicted molar refractivity (Wildman–Crippen MR) is 61.6 cm³/mol. The lowest BCUT2D eigenvalue weighted by Gasteiger charge is -2.48. The predicted octanol–water partition coefficient (Wildman–Crippen LogP) is 1.54. The van der Waals surface area contributed by atoms with E-state index in [1.807, 2.05) is 6.92 Å². The molecular weight excluding hydrogens is 190 g/mol. The molecule has 3 heteroatoms. The minimum absolute atomic E-state index is 0.152. The van der Waals surface area contributed by atoms with Crippen molar-refractivity contribution in [3.63, 3.8) is 0 Å². The van der Waals surface area contributed by atoms with Gasteiger partial charge in [0.1, 0.15) is 0 Å². The highest BCUT2D eigenvalue weighted by Crippen LogP contribution is 2.46. The number of nitrogens with two attached hydrogens (primary N) is 1. The highest BCUT2D eigenvalue weighted by Gasteiger charge is 2.47. The Balaban J connectivity index is 2.82. The molecule has 0 heterocycles. The van der Waals surface area contributed by atoms with Crippen LogP contribution in [-0.2, 0) is 4.74 Å². The summed E-state index contributed by atoms with van der Waals surface area (Å²) < 4.78 is 5.12. The minimum Gasteiger partial charge on any atom is -0.387 e. The summed E-state index contributed by atoms with van der Waals surface area (Å²) in [5, 5.41) is 10.5. The van der Waals surface area contributed by atoms with Gasteiger partial charge in [-0.3, -0.25) is 0 Å². The van der Waals surface area contributed by atoms with E-state index in [9.17, 15) is 5.11 Å². The van der Waals surface area contributed by atoms with Crippen molar-refractivity contribution in [3.8, 4) is 0 Å². The van der Waals surface area contributed by atoms with Crippen LogP contribution in [0.1, 0.15) is 39.5 Å². The Morgan fingerprint density at radius 2 is 2.27 bits per heavy atom. The van der Waals surface area contributed by atoms with Gasteiger partial charge in [0.05, 0.1) is 12.2 Å². The Hall–Kier alpha value is -0.120. The van der Waals surface area contributed by atoms with Gasteiger partial charge in [0.15, 0.2) is 0 Å². The third-order valence-electron chi connectivity index (χ3n) is 4.05. The zero-order chi connectivity index (χ0) is 11.5. The van der Waals surface area contributed by atoms with Crippen LogP contribution >= 0.6 is 0 Å². The topological polar surface area (TPSA) is 55.5 Å². The van der Waals surface area contributed by atoms with E-state index in [1.54, 1.807) is 7.11 Å². The summed E-state index contributed by atoms with van der Waals surface area (Å²) in [6, 6.07) is 0. The van der Waals surface area contributed by atoms with Crippen LogP contribution in [0.2, 0.25) is 0 Å². The average molecular weight is 215 g/mol. The van der Waals surface area contributed by atoms with Crippen molar-refractivity contribution in [2.45, 2.75) is 45.1 Å². The molecule has 90 valence electrons. The molecule has 0 radical (unpaired) electrons. The minimum atomic E-state index is -0.800. The molecule has 1 aliphatic rings. The molecule has 0 saturated heterocycles. The molecule has 1 saturated carbocycles. The molecule has 0 amide bonds. The highest BCUT2D eigenvalue weighted by atomic mass is 16.5. The Labute approximate surface area is 93.0 Å². The highest BCUT2D eigenvalue weighted by molar-refractivity contribution is 4.99. The summed E-state index contributed by atoms with van der Waals surface area (Å²) in [4.78, 5) is 0. The molecule has 0 aromatic carbocycles. The monoisotopic (exact) mass is 215 g/mol. The van der Waals surface area contributed by atoms with Crippen LogP contribution in [0.5, 0.6) is 0 Å². The molecule has 3 atom stereocenters. The van der Waals surface area contributed by atoms with Crippen molar-refractivity contribution >= 4 is 0 Å². The summed E-state index contributed by atoms with van der Waals surface area (Å²) in [6.07, 6.45) is 4.45. The van der Waals surface area contributed by atoms with Gasteiger partial charge in [-0.25, -0.2) is 0 Å². The molecule has 0 aromatic heterocycles. The van der Waals surface area contributed by atoms with E-state index in [4.69, 9.17) is 10.5 Å². The largest absolute Gasteiger partial charge is 0.387 e. The van der Waals surface area contributed by atoms with Crippen LogP contribution in [0.4, 0.5) is 0 Å². The van der Waals surface area contributed by atoms with Gasteiger partial charge in [-0.2, -0.15) is 0 Å². The Kier molecular flexibility index (Phi) is 4.15. The summed E-state index contributed by atoms with van der Waals surface area (Å²) in [5.41, 5.74) is 4.95. The van der Waals surface area contributed by atoms with Crippen LogP contribution in [0.25, 0.3) is 0 Å². The zero-order valence-electron chi connectivity index (χ0n) is 10.3. The fourth-order valence-corrected chi connectivity index (χ4v) is 2.99. The summed E-state index contributed by atoms with van der Waals surface area (Å²) >= 11 is 0. The molecule has 0 aromatic rings. The second-order valence-corrected chi connectivity index (χ2v) is 5.39. The van der Waals surface area contributed by atoms with Gasteiger partial charge in [-0.15, -0.1) is 0 Å². The van der Waals surface area contributed by atoms with Gasteiger partial charge < -0.3 is 15.6 Å². The first-order chi connectivity index (χ1) is 6.97. The van der Waals surface area contributed by atoms with Crippen molar-refractivity contribution < 1.29 is 9.84 Å². The first-order valence-corrected chi connectivity index (χ1v) is 5.89. The van der Waals surface area contributed by atoms with E-state index >= 15 is 0 Å². The standard InChI is InChI=1S/C12H25NO2/c1-10-5-4-6-12(7-10,8-13)11(2,14)9-15-3/h10,14H,4-9,13H2,1-3H3. The van der Waals surface area contributed by atoms with Crippen LogP contribution in [-0.4, -0.2) is 31.0 Å². The third kappa shape index (κ3) is 2.52. The molecule has 1 aliphatic carbocycles. The number of aliphatic hydroxyl groups is 1. The average Bonchev–Trinajstić information content (AvgIpc) is 2.17. The molecular formula is C12H25NO2. The zero-order valence-corrected chi connectivity index (χ0v) is 10.3. The maximum Gasteiger partial charge on any atom is 0.0919 e. The van der Waals surface area contributed by atoms with Gasteiger partial charge >= 0.3 is 0 Å². The van der Waals surface area contributed by atoms with E-state index in [0.717, 1.165) is 19.3 Å². The van der Waals surface area contributed by atoms with Gasteiger partial charge in [0.2, 0.25) is 0 Å². The van der Waals surface area contributed by atoms with Crippen molar-refractivity contribution in [2.24, 2.45) is 17.1 Å². The van der Waals surface area contributed by atoms with Gasteiger partial charge in [-0.1, -0.05) is 19.8 Å². The van der Waals surface area contributed by atoms with E-state index in [2.05, 4.69) is 6.92 Å². The fourth-order valence-electron chi connectivity index (χ4n) is 2.99. The number of hydrogen-bond donors (Lipinski definition) is 2. The Bertz CT molecular complexity index is 206. The van der Waals surface area contributed by atoms with Crippen molar-refractivity contribution in [1.82, 2.24) is 0 Å². The molecule has 0 aliphatic heterocycles. The Morgan fingerprint density at radius 3 is 2.73 bits per heavy atom. The number of methoxy groups -OCH3 is 1. The lowest BCUT2D eigenvalue weighted by Crippen LogP contribution is -2.55. The summed E-state index contributed by atoms with van der Waals surface area (Å²) in [7, 11) is 1.63. The van der Waals surface area contributed by atoms with Crippen LogP contribution in [0.15, 0.2) is 0 Å². The van der Waals surface area contributed by atoms with Gasteiger partial charge in [0.25, 0.3) is 0 Å². The smallest absolute Gasteiger partial charge is 0.0919 e. The summed E-state index contributed by atoms with van der Waals surface area (Å²) in [5.74, 6) is 0.658. The molecule has 0 bridgehead atoms. The number of ether oxygens (including phenoxy) is 1. The van der Waals surface area contributed by atoms with E-state index in [1.165, 1.54) is 6.42 Å². The summed E-state index contributed by atoms with van der Waals surface area (Å²) in [6.45, 7) is 5.03.